The molecule has 0 spiro atoms. The monoisotopic (exact) mass is 348 g/mol. The van der Waals surface area contributed by atoms with Crippen LogP contribution in [0.5, 0.6) is 0 Å². The molecule has 7 nitrogen and oxygen atoms in total. The highest BCUT2D eigenvalue weighted by Gasteiger charge is 2.27. The van der Waals surface area contributed by atoms with E-state index in [9.17, 15) is 4.79 Å². The first-order chi connectivity index (χ1) is 12.6. The van der Waals surface area contributed by atoms with Crippen molar-refractivity contribution in [3.8, 4) is 0 Å². The van der Waals surface area contributed by atoms with Crippen LogP contribution in [-0.4, -0.2) is 36.2 Å². The summed E-state index contributed by atoms with van der Waals surface area (Å²) >= 11 is 0. The molecule has 0 saturated heterocycles. The van der Waals surface area contributed by atoms with Crippen LogP contribution in [0, 0.1) is 0 Å². The van der Waals surface area contributed by atoms with Gasteiger partial charge in [-0.1, -0.05) is 18.2 Å². The summed E-state index contributed by atoms with van der Waals surface area (Å²) in [5, 5.41) is 5.97. The molecule has 4 aromatic rings. The zero-order valence-electron chi connectivity index (χ0n) is 14.8. The number of nitrogens with one attached hydrogen (secondary N) is 2. The van der Waals surface area contributed by atoms with E-state index < -0.39 is 0 Å². The molecule has 7 heteroatoms. The van der Waals surface area contributed by atoms with Crippen molar-refractivity contribution < 1.29 is 0 Å². The minimum Gasteiger partial charge on any atom is -0.357 e. The fraction of sp³-hybridized carbons (Fsp3) is 0.316. The molecule has 26 heavy (non-hydrogen) atoms. The van der Waals surface area contributed by atoms with Crippen molar-refractivity contribution in [2.45, 2.75) is 25.9 Å². The summed E-state index contributed by atoms with van der Waals surface area (Å²) in [6, 6.07) is 8.69. The first-order valence-corrected chi connectivity index (χ1v) is 8.86. The maximum atomic E-state index is 12.3. The highest BCUT2D eigenvalue weighted by atomic mass is 16.1. The van der Waals surface area contributed by atoms with E-state index in [0.29, 0.717) is 23.4 Å². The highest BCUT2D eigenvalue weighted by Crippen LogP contribution is 2.34. The van der Waals surface area contributed by atoms with E-state index in [1.807, 2.05) is 0 Å². The van der Waals surface area contributed by atoms with Crippen molar-refractivity contribution in [1.29, 1.82) is 0 Å². The van der Waals surface area contributed by atoms with Gasteiger partial charge >= 0.3 is 0 Å². The first-order valence-electron chi connectivity index (χ1n) is 8.86. The van der Waals surface area contributed by atoms with Crippen molar-refractivity contribution in [3.05, 3.63) is 57.9 Å². The molecule has 0 aliphatic carbocycles. The van der Waals surface area contributed by atoms with E-state index in [0.717, 1.165) is 13.0 Å². The van der Waals surface area contributed by atoms with Crippen molar-refractivity contribution >= 4 is 21.9 Å². The predicted molar refractivity (Wildman–Crippen MR) is 100.0 cm³/mol. The summed E-state index contributed by atoms with van der Waals surface area (Å²) in [5.74, 6) is 0.678. The largest absolute Gasteiger partial charge is 0.357 e. The molecule has 5 rings (SSSR count). The Morgan fingerprint density at radius 2 is 2.08 bits per heavy atom. The number of aromatic nitrogens is 5. The topological polar surface area (TPSA) is 82.6 Å². The number of hydrogen-bond acceptors (Lipinski definition) is 4. The normalized spacial score (nSPS) is 17.8. The summed E-state index contributed by atoms with van der Waals surface area (Å²) in [5.41, 5.74) is 4.36. The number of aryl methyl sites for hydroxylation is 1. The van der Waals surface area contributed by atoms with Gasteiger partial charge in [-0.2, -0.15) is 5.10 Å². The third-order valence-electron chi connectivity index (χ3n) is 5.46. The lowest BCUT2D eigenvalue weighted by molar-refractivity contribution is 0.182. The lowest BCUT2D eigenvalue weighted by Crippen LogP contribution is -2.34. The van der Waals surface area contributed by atoms with Crippen molar-refractivity contribution in [2.24, 2.45) is 7.05 Å². The van der Waals surface area contributed by atoms with Gasteiger partial charge in [-0.15, -0.1) is 0 Å². The van der Waals surface area contributed by atoms with Gasteiger partial charge in [0.15, 0.2) is 5.65 Å². The van der Waals surface area contributed by atoms with E-state index in [2.05, 4.69) is 56.1 Å². The number of rotatable bonds is 2. The van der Waals surface area contributed by atoms with Crippen LogP contribution in [0.2, 0.25) is 0 Å². The van der Waals surface area contributed by atoms with E-state index in [4.69, 9.17) is 0 Å². The van der Waals surface area contributed by atoms with Crippen LogP contribution >= 0.6 is 0 Å². The molecule has 0 fully saturated rings. The number of H-pyrrole nitrogens is 2. The number of benzene rings is 1. The minimum absolute atomic E-state index is 0.130. The fourth-order valence-electron chi connectivity index (χ4n) is 4.04. The SMILES string of the molecule is C[C@H]1c2[nH]c3ccccc3c2CCN1Cc1nc2c(cnn2C)c(=O)[nH]1. The van der Waals surface area contributed by atoms with Crippen LogP contribution in [0.4, 0.5) is 0 Å². The standard InChI is InChI=1S/C19H20N6O/c1-11-17-13(12-5-3-4-6-15(12)21-17)7-8-25(11)10-16-22-18-14(19(26)23-16)9-20-24(18)2/h3-6,9,11,21H,7-8,10H2,1-2H3,(H,22,23,26)/t11-/m0/s1. The van der Waals surface area contributed by atoms with Crippen LogP contribution in [-0.2, 0) is 20.0 Å². The van der Waals surface area contributed by atoms with Gasteiger partial charge in [0.25, 0.3) is 5.56 Å². The summed E-state index contributed by atoms with van der Waals surface area (Å²) in [6.07, 6.45) is 2.55. The average Bonchev–Trinajstić information content (AvgIpc) is 3.19. The van der Waals surface area contributed by atoms with Gasteiger partial charge in [0.05, 0.1) is 12.7 Å². The predicted octanol–water partition coefficient (Wildman–Crippen LogP) is 2.26. The Hall–Kier alpha value is -2.93. The Bertz CT molecular complexity index is 1180. The molecule has 132 valence electrons. The Balaban J connectivity index is 1.50. The third kappa shape index (κ3) is 2.20. The molecule has 0 unspecified atom stereocenters. The lowest BCUT2D eigenvalue weighted by Gasteiger charge is -2.33. The van der Waals surface area contributed by atoms with Gasteiger partial charge in [-0.3, -0.25) is 14.4 Å². The summed E-state index contributed by atoms with van der Waals surface area (Å²) in [6.45, 7) is 3.74. The molecule has 1 aliphatic heterocycles. The average molecular weight is 348 g/mol. The van der Waals surface area contributed by atoms with E-state index in [1.165, 1.54) is 22.2 Å². The second-order valence-electron chi connectivity index (χ2n) is 6.98. The van der Waals surface area contributed by atoms with Crippen molar-refractivity contribution in [2.75, 3.05) is 6.54 Å². The van der Waals surface area contributed by atoms with Gasteiger partial charge in [0, 0.05) is 36.2 Å². The van der Waals surface area contributed by atoms with Gasteiger partial charge in [-0.25, -0.2) is 4.98 Å². The van der Waals surface area contributed by atoms with Crippen molar-refractivity contribution in [3.63, 3.8) is 0 Å². The van der Waals surface area contributed by atoms with Gasteiger partial charge < -0.3 is 9.97 Å². The summed E-state index contributed by atoms with van der Waals surface area (Å²) < 4.78 is 1.64. The van der Waals surface area contributed by atoms with E-state index in [-0.39, 0.29) is 11.6 Å². The Labute approximate surface area is 149 Å². The molecule has 4 heterocycles. The molecule has 1 aromatic carbocycles. The molecule has 1 aliphatic rings. The van der Waals surface area contributed by atoms with E-state index in [1.54, 1.807) is 17.9 Å². The number of para-hydroxylation sites is 1. The summed E-state index contributed by atoms with van der Waals surface area (Å²) in [4.78, 5) is 25.7. The lowest BCUT2D eigenvalue weighted by atomic mass is 9.98. The molecular formula is C19H20N6O. The smallest absolute Gasteiger partial charge is 0.262 e. The third-order valence-corrected chi connectivity index (χ3v) is 5.46. The Morgan fingerprint density at radius 1 is 1.23 bits per heavy atom. The number of hydrogen-bond donors (Lipinski definition) is 2. The zero-order valence-corrected chi connectivity index (χ0v) is 14.8. The molecule has 3 aromatic heterocycles. The van der Waals surface area contributed by atoms with Crippen LogP contribution in [0.1, 0.15) is 30.0 Å². The summed E-state index contributed by atoms with van der Waals surface area (Å²) in [7, 11) is 1.80. The van der Waals surface area contributed by atoms with Crippen LogP contribution < -0.4 is 5.56 Å². The number of aromatic amines is 2. The fourth-order valence-corrected chi connectivity index (χ4v) is 4.04. The second-order valence-corrected chi connectivity index (χ2v) is 6.98. The molecule has 0 amide bonds. The first kappa shape index (κ1) is 15.3. The second kappa shape index (κ2) is 5.54. The maximum Gasteiger partial charge on any atom is 0.262 e. The molecule has 1 atom stereocenters. The Kier molecular flexibility index (Phi) is 3.27. The van der Waals surface area contributed by atoms with Crippen LogP contribution in [0.15, 0.2) is 35.3 Å². The minimum atomic E-state index is -0.130. The van der Waals surface area contributed by atoms with E-state index >= 15 is 0 Å². The van der Waals surface area contributed by atoms with Gasteiger partial charge in [0.1, 0.15) is 11.2 Å². The molecule has 0 bridgehead atoms. The number of nitrogens with zero attached hydrogens (tertiary/aromatic N) is 4. The van der Waals surface area contributed by atoms with Crippen LogP contribution in [0.25, 0.3) is 21.9 Å². The van der Waals surface area contributed by atoms with Gasteiger partial charge in [0.2, 0.25) is 0 Å². The highest BCUT2D eigenvalue weighted by molar-refractivity contribution is 5.85. The van der Waals surface area contributed by atoms with Gasteiger partial charge in [-0.05, 0) is 25.0 Å². The zero-order chi connectivity index (χ0) is 17.8. The molecule has 0 radical (unpaired) electrons. The molecular weight excluding hydrogens is 328 g/mol. The molecule has 2 N–H and O–H groups in total. The Morgan fingerprint density at radius 3 is 2.96 bits per heavy atom. The quantitative estimate of drug-likeness (QED) is 0.582. The number of fused-ring (bicyclic) bond motifs is 4. The molecule has 0 saturated carbocycles. The maximum absolute atomic E-state index is 12.3. The van der Waals surface area contributed by atoms with Crippen LogP contribution in [0.3, 0.4) is 0 Å². The van der Waals surface area contributed by atoms with Crippen molar-refractivity contribution in [1.82, 2.24) is 29.6 Å².